The molecule has 0 saturated carbocycles. The number of aromatic nitrogens is 1. The molecule has 0 aliphatic carbocycles. The first kappa shape index (κ1) is 11.5. The zero-order valence-corrected chi connectivity index (χ0v) is 8.70. The van der Waals surface area contributed by atoms with Crippen LogP contribution >= 0.6 is 0 Å². The Morgan fingerprint density at radius 2 is 2.13 bits per heavy atom. The molecule has 0 aromatic carbocycles. The number of hydrogen-bond acceptors (Lipinski definition) is 4. The molecular formula is C10H13NO4. The van der Waals surface area contributed by atoms with Crippen molar-refractivity contribution in [1.29, 1.82) is 0 Å². The molecule has 0 spiro atoms. The summed E-state index contributed by atoms with van der Waals surface area (Å²) < 4.78 is 9.47. The van der Waals surface area contributed by atoms with Gasteiger partial charge in [0.2, 0.25) is 5.56 Å². The number of pyridine rings is 1. The Morgan fingerprint density at radius 3 is 2.73 bits per heavy atom. The van der Waals surface area contributed by atoms with Gasteiger partial charge >= 0.3 is 5.97 Å². The number of ether oxygens (including phenoxy) is 2. The second-order valence-corrected chi connectivity index (χ2v) is 2.95. The number of carbonyl (C=O) groups is 1. The molecule has 0 atom stereocenters. The molecule has 0 saturated heterocycles. The number of rotatable bonds is 4. The Kier molecular flexibility index (Phi) is 4.05. The van der Waals surface area contributed by atoms with Gasteiger partial charge < -0.3 is 14.5 Å². The van der Waals surface area contributed by atoms with Crippen molar-refractivity contribution in [3.8, 4) is 0 Å². The topological polar surface area (TPSA) is 68.4 Å². The zero-order chi connectivity index (χ0) is 11.3. The fraction of sp³-hybridized carbons (Fsp3) is 0.400. The minimum atomic E-state index is -0.461. The van der Waals surface area contributed by atoms with Crippen LogP contribution in [0.25, 0.3) is 0 Å². The lowest BCUT2D eigenvalue weighted by Crippen LogP contribution is -2.15. The van der Waals surface area contributed by atoms with E-state index in [1.54, 1.807) is 7.11 Å². The summed E-state index contributed by atoms with van der Waals surface area (Å²) in [7, 11) is 2.85. The zero-order valence-electron chi connectivity index (χ0n) is 8.70. The standard InChI is InChI=1S/C10H13NO4/c1-14-6-5-8-7(10(13)15-2)3-4-9(12)11-8/h3-4H,5-6H2,1-2H3,(H,11,12). The third kappa shape index (κ3) is 2.92. The van der Waals surface area contributed by atoms with E-state index in [0.717, 1.165) is 0 Å². The average molecular weight is 211 g/mol. The molecule has 1 rings (SSSR count). The van der Waals surface area contributed by atoms with Crippen LogP contribution in [0.1, 0.15) is 16.1 Å². The van der Waals surface area contributed by atoms with E-state index >= 15 is 0 Å². The van der Waals surface area contributed by atoms with E-state index in [-0.39, 0.29) is 5.56 Å². The highest BCUT2D eigenvalue weighted by atomic mass is 16.5. The molecule has 0 unspecified atom stereocenters. The molecule has 0 amide bonds. The van der Waals surface area contributed by atoms with Crippen molar-refractivity contribution in [3.05, 3.63) is 33.7 Å². The molecule has 0 fully saturated rings. The Bertz CT molecular complexity index is 397. The van der Waals surface area contributed by atoms with Crippen LogP contribution in [0.2, 0.25) is 0 Å². The second kappa shape index (κ2) is 5.31. The molecule has 0 aliphatic heterocycles. The van der Waals surface area contributed by atoms with Crippen LogP contribution in [-0.4, -0.2) is 31.8 Å². The molecule has 1 heterocycles. The van der Waals surface area contributed by atoms with Crippen molar-refractivity contribution in [2.24, 2.45) is 0 Å². The number of H-pyrrole nitrogens is 1. The first-order chi connectivity index (χ1) is 7.19. The smallest absolute Gasteiger partial charge is 0.339 e. The first-order valence-corrected chi connectivity index (χ1v) is 4.48. The Labute approximate surface area is 87.0 Å². The van der Waals surface area contributed by atoms with Gasteiger partial charge in [0.15, 0.2) is 0 Å². The highest BCUT2D eigenvalue weighted by molar-refractivity contribution is 5.90. The third-order valence-electron chi connectivity index (χ3n) is 1.96. The summed E-state index contributed by atoms with van der Waals surface area (Å²) in [6, 6.07) is 2.75. The summed E-state index contributed by atoms with van der Waals surface area (Å²) >= 11 is 0. The van der Waals surface area contributed by atoms with Gasteiger partial charge in [0, 0.05) is 25.3 Å². The minimum Gasteiger partial charge on any atom is -0.465 e. The third-order valence-corrected chi connectivity index (χ3v) is 1.96. The number of aromatic amines is 1. The van der Waals surface area contributed by atoms with Gasteiger partial charge in [-0.3, -0.25) is 4.79 Å². The summed E-state index contributed by atoms with van der Waals surface area (Å²) in [6.45, 7) is 0.434. The lowest BCUT2D eigenvalue weighted by molar-refractivity contribution is 0.0598. The maximum Gasteiger partial charge on any atom is 0.339 e. The fourth-order valence-corrected chi connectivity index (χ4v) is 1.22. The van der Waals surface area contributed by atoms with E-state index in [1.165, 1.54) is 19.2 Å². The maximum atomic E-state index is 11.3. The van der Waals surface area contributed by atoms with Gasteiger partial charge in [0.05, 0.1) is 19.3 Å². The largest absolute Gasteiger partial charge is 0.465 e. The summed E-state index contributed by atoms with van der Waals surface area (Å²) in [6.07, 6.45) is 0.469. The quantitative estimate of drug-likeness (QED) is 0.730. The van der Waals surface area contributed by atoms with Crippen molar-refractivity contribution in [2.75, 3.05) is 20.8 Å². The van der Waals surface area contributed by atoms with Crippen LogP contribution in [-0.2, 0) is 15.9 Å². The molecule has 5 heteroatoms. The highest BCUT2D eigenvalue weighted by Crippen LogP contribution is 2.05. The monoisotopic (exact) mass is 211 g/mol. The molecule has 82 valence electrons. The van der Waals surface area contributed by atoms with E-state index in [4.69, 9.17) is 4.74 Å². The van der Waals surface area contributed by atoms with E-state index < -0.39 is 5.97 Å². The number of hydrogen-bond donors (Lipinski definition) is 1. The first-order valence-electron chi connectivity index (χ1n) is 4.48. The summed E-state index contributed by atoms with van der Waals surface area (Å²) in [5.41, 5.74) is 0.666. The maximum absolute atomic E-state index is 11.3. The van der Waals surface area contributed by atoms with E-state index in [2.05, 4.69) is 9.72 Å². The molecule has 0 radical (unpaired) electrons. The van der Waals surface area contributed by atoms with Crippen LogP contribution in [0.3, 0.4) is 0 Å². The molecule has 15 heavy (non-hydrogen) atoms. The minimum absolute atomic E-state index is 0.242. The van der Waals surface area contributed by atoms with Crippen molar-refractivity contribution in [1.82, 2.24) is 4.98 Å². The SMILES string of the molecule is COCCc1[nH]c(=O)ccc1C(=O)OC. The van der Waals surface area contributed by atoms with Gasteiger partial charge in [-0.2, -0.15) is 0 Å². The number of methoxy groups -OCH3 is 2. The Morgan fingerprint density at radius 1 is 1.40 bits per heavy atom. The average Bonchev–Trinajstić information content (AvgIpc) is 2.25. The van der Waals surface area contributed by atoms with E-state index in [0.29, 0.717) is 24.3 Å². The molecule has 1 aromatic rings. The van der Waals surface area contributed by atoms with Crippen molar-refractivity contribution in [3.63, 3.8) is 0 Å². The lowest BCUT2D eigenvalue weighted by Gasteiger charge is -2.06. The van der Waals surface area contributed by atoms with Crippen molar-refractivity contribution < 1.29 is 14.3 Å². The van der Waals surface area contributed by atoms with Crippen molar-refractivity contribution in [2.45, 2.75) is 6.42 Å². The second-order valence-electron chi connectivity index (χ2n) is 2.95. The van der Waals surface area contributed by atoms with Crippen LogP contribution in [0.5, 0.6) is 0 Å². The number of esters is 1. The Balaban J connectivity index is 3.03. The summed E-state index contributed by atoms with van der Waals surface area (Å²) in [4.78, 5) is 25.0. The highest BCUT2D eigenvalue weighted by Gasteiger charge is 2.11. The van der Waals surface area contributed by atoms with Gasteiger partial charge in [0.25, 0.3) is 0 Å². The van der Waals surface area contributed by atoms with Gasteiger partial charge in [0.1, 0.15) is 0 Å². The molecule has 0 bridgehead atoms. The fourth-order valence-electron chi connectivity index (χ4n) is 1.22. The van der Waals surface area contributed by atoms with Crippen LogP contribution in [0.15, 0.2) is 16.9 Å². The number of nitrogens with one attached hydrogen (secondary N) is 1. The van der Waals surface area contributed by atoms with Crippen LogP contribution in [0, 0.1) is 0 Å². The molecule has 1 aromatic heterocycles. The van der Waals surface area contributed by atoms with E-state index in [9.17, 15) is 9.59 Å². The van der Waals surface area contributed by atoms with Crippen molar-refractivity contribution >= 4 is 5.97 Å². The van der Waals surface area contributed by atoms with E-state index in [1.807, 2.05) is 0 Å². The molecule has 1 N–H and O–H groups in total. The van der Waals surface area contributed by atoms with Gasteiger partial charge in [-0.05, 0) is 6.07 Å². The summed E-state index contributed by atoms with van der Waals surface area (Å²) in [5, 5.41) is 0. The van der Waals surface area contributed by atoms with Crippen LogP contribution < -0.4 is 5.56 Å². The molecule has 0 aliphatic rings. The molecular weight excluding hydrogens is 198 g/mol. The Hall–Kier alpha value is -1.62. The van der Waals surface area contributed by atoms with Crippen LogP contribution in [0.4, 0.5) is 0 Å². The summed E-state index contributed by atoms with van der Waals surface area (Å²) in [5.74, 6) is -0.461. The predicted octanol–water partition coefficient (Wildman–Crippen LogP) is 0.350. The van der Waals surface area contributed by atoms with Gasteiger partial charge in [-0.25, -0.2) is 4.79 Å². The normalized spacial score (nSPS) is 10.0. The molecule has 5 nitrogen and oxygen atoms in total. The van der Waals surface area contributed by atoms with Gasteiger partial charge in [-0.1, -0.05) is 0 Å². The van der Waals surface area contributed by atoms with Gasteiger partial charge in [-0.15, -0.1) is 0 Å². The predicted molar refractivity (Wildman–Crippen MR) is 54.0 cm³/mol. The lowest BCUT2D eigenvalue weighted by atomic mass is 10.1. The number of carbonyl (C=O) groups excluding carboxylic acids is 1.